The van der Waals surface area contributed by atoms with E-state index in [1.807, 2.05) is 0 Å². The van der Waals surface area contributed by atoms with Gasteiger partial charge in [0.15, 0.2) is 6.23 Å². The van der Waals surface area contributed by atoms with Crippen molar-refractivity contribution in [2.45, 2.75) is 31.0 Å². The maximum Gasteiger partial charge on any atom is 0.250 e. The van der Waals surface area contributed by atoms with Crippen LogP contribution < -0.4 is 5.32 Å². The Morgan fingerprint density at radius 3 is 2.84 bits per heavy atom. The molecule has 0 aromatic rings. The lowest BCUT2D eigenvalue weighted by atomic mass is 10.1. The minimum absolute atomic E-state index is 0.173. The Bertz CT molecular complexity index is 398. The third-order valence-electron chi connectivity index (χ3n) is 3.24. The molecule has 1 amide bonds. The first-order valence-corrected chi connectivity index (χ1v) is 6.06. The summed E-state index contributed by atoms with van der Waals surface area (Å²) < 4.78 is 5.39. The summed E-state index contributed by atoms with van der Waals surface area (Å²) in [5, 5.41) is 31.3. The average Bonchev–Trinajstić information content (AvgIpc) is 2.69. The molecule has 0 unspecified atom stereocenters. The van der Waals surface area contributed by atoms with Crippen LogP contribution in [0.3, 0.4) is 0 Å². The van der Waals surface area contributed by atoms with E-state index in [-0.39, 0.29) is 19.2 Å². The van der Waals surface area contributed by atoms with E-state index in [1.54, 1.807) is 17.2 Å². The van der Waals surface area contributed by atoms with Crippen molar-refractivity contribution >= 4 is 5.91 Å². The molecule has 4 N–H and O–H groups in total. The maximum atomic E-state index is 11.6. The third kappa shape index (κ3) is 2.64. The summed E-state index contributed by atoms with van der Waals surface area (Å²) >= 11 is 0. The van der Waals surface area contributed by atoms with Gasteiger partial charge in [0, 0.05) is 11.8 Å². The summed E-state index contributed by atoms with van der Waals surface area (Å²) in [7, 11) is 0. The molecule has 7 nitrogen and oxygen atoms in total. The molecule has 0 spiro atoms. The first kappa shape index (κ1) is 14.0. The Labute approximate surface area is 110 Å². The number of carbonyl (C=O) groups excluding carboxylic acids is 1. The molecule has 7 heteroatoms. The van der Waals surface area contributed by atoms with E-state index in [0.717, 1.165) is 0 Å². The number of allylic oxidation sites excluding steroid dienone is 1. The first-order chi connectivity index (χ1) is 9.08. The predicted octanol–water partition coefficient (Wildman–Crippen LogP) is -1.73. The van der Waals surface area contributed by atoms with E-state index in [0.29, 0.717) is 12.0 Å². The van der Waals surface area contributed by atoms with Gasteiger partial charge in [-0.3, -0.25) is 4.79 Å². The molecule has 0 bridgehead atoms. The van der Waals surface area contributed by atoms with Gasteiger partial charge in [-0.2, -0.15) is 0 Å². The molecule has 2 rings (SSSR count). The van der Waals surface area contributed by atoms with Crippen LogP contribution >= 0.6 is 0 Å². The van der Waals surface area contributed by atoms with Crippen molar-refractivity contribution in [2.24, 2.45) is 0 Å². The fourth-order valence-corrected chi connectivity index (χ4v) is 2.20. The number of nitrogens with zero attached hydrogens (tertiary/aromatic N) is 1. The highest BCUT2D eigenvalue weighted by molar-refractivity contribution is 5.94. The quantitative estimate of drug-likeness (QED) is 0.453. The summed E-state index contributed by atoms with van der Waals surface area (Å²) in [4.78, 5) is 13.2. The molecule has 0 radical (unpaired) electrons. The highest BCUT2D eigenvalue weighted by Crippen LogP contribution is 2.25. The molecule has 19 heavy (non-hydrogen) atoms. The average molecular weight is 270 g/mol. The number of ether oxygens (including phenoxy) is 1. The molecule has 0 saturated carbocycles. The largest absolute Gasteiger partial charge is 0.394 e. The van der Waals surface area contributed by atoms with Crippen LogP contribution in [0.5, 0.6) is 0 Å². The summed E-state index contributed by atoms with van der Waals surface area (Å²) in [5.41, 5.74) is 0.499. The monoisotopic (exact) mass is 270 g/mol. The number of rotatable bonds is 4. The topological polar surface area (TPSA) is 102 Å². The maximum absolute atomic E-state index is 11.6. The summed E-state index contributed by atoms with van der Waals surface area (Å²) in [6.45, 7) is 3.37. The number of carbonyl (C=O) groups is 1. The lowest BCUT2D eigenvalue weighted by molar-refractivity contribution is -0.122. The van der Waals surface area contributed by atoms with E-state index in [1.165, 1.54) is 0 Å². The Kier molecular flexibility index (Phi) is 4.20. The van der Waals surface area contributed by atoms with E-state index in [2.05, 4.69) is 11.9 Å². The van der Waals surface area contributed by atoms with Crippen molar-refractivity contribution in [2.75, 3.05) is 13.3 Å². The summed E-state index contributed by atoms with van der Waals surface area (Å²) in [6.07, 6.45) is -0.330. The normalized spacial score (nSPS) is 35.0. The zero-order chi connectivity index (χ0) is 14.0. The van der Waals surface area contributed by atoms with Crippen molar-refractivity contribution in [3.63, 3.8) is 0 Å². The second kappa shape index (κ2) is 5.70. The van der Waals surface area contributed by atoms with Gasteiger partial charge >= 0.3 is 0 Å². The molecule has 0 aliphatic carbocycles. The highest BCUT2D eigenvalue weighted by Gasteiger charge is 2.45. The van der Waals surface area contributed by atoms with Gasteiger partial charge in [0.05, 0.1) is 13.3 Å². The molecular formula is C12H18N2O5. The number of hydrogen-bond donors (Lipinski definition) is 4. The Morgan fingerprint density at radius 2 is 2.26 bits per heavy atom. The van der Waals surface area contributed by atoms with Gasteiger partial charge < -0.3 is 30.3 Å². The van der Waals surface area contributed by atoms with Crippen LogP contribution in [0.25, 0.3) is 0 Å². The van der Waals surface area contributed by atoms with Crippen LogP contribution in [0.2, 0.25) is 0 Å². The molecule has 2 aliphatic heterocycles. The van der Waals surface area contributed by atoms with E-state index < -0.39 is 24.5 Å². The molecule has 1 saturated heterocycles. The minimum atomic E-state index is -1.15. The smallest absolute Gasteiger partial charge is 0.250 e. The summed E-state index contributed by atoms with van der Waals surface area (Å²) in [6, 6.07) is 0. The molecule has 106 valence electrons. The number of hydrogen-bond acceptors (Lipinski definition) is 6. The fourth-order valence-electron chi connectivity index (χ4n) is 2.20. The van der Waals surface area contributed by atoms with Crippen LogP contribution in [-0.4, -0.2) is 63.9 Å². The number of aliphatic hydroxyl groups is 3. The lowest BCUT2D eigenvalue weighted by Gasteiger charge is -2.33. The predicted molar refractivity (Wildman–Crippen MR) is 65.5 cm³/mol. The Morgan fingerprint density at radius 1 is 1.53 bits per heavy atom. The van der Waals surface area contributed by atoms with Crippen molar-refractivity contribution < 1.29 is 24.9 Å². The molecule has 4 atom stereocenters. The highest BCUT2D eigenvalue weighted by atomic mass is 16.6. The zero-order valence-electron chi connectivity index (χ0n) is 10.4. The SMILES string of the molecule is C=CCC1=CN([C@@H]2O[C@H](CO)[C@@H](O)[C@H]2O)CNC1=O. The molecule has 2 aliphatic rings. The van der Waals surface area contributed by atoms with Gasteiger partial charge in [0.25, 0.3) is 0 Å². The van der Waals surface area contributed by atoms with E-state index in [9.17, 15) is 15.0 Å². The standard InChI is InChI=1S/C12H18N2O5/c1-2-3-7-4-14(6-13-11(7)18)12-10(17)9(16)8(5-15)19-12/h2,4,8-10,12,15-17H,1,3,5-6H2,(H,13,18)/t8-,9-,10-,12-/m1/s1. The van der Waals surface area contributed by atoms with Crippen LogP contribution in [0, 0.1) is 0 Å². The van der Waals surface area contributed by atoms with Gasteiger partial charge in [-0.25, -0.2) is 0 Å². The summed E-state index contributed by atoms with van der Waals surface area (Å²) in [5.74, 6) is -0.192. The van der Waals surface area contributed by atoms with Gasteiger partial charge in [-0.1, -0.05) is 6.08 Å². The van der Waals surface area contributed by atoms with E-state index in [4.69, 9.17) is 9.84 Å². The van der Waals surface area contributed by atoms with Gasteiger partial charge in [0.2, 0.25) is 5.91 Å². The van der Waals surface area contributed by atoms with Crippen molar-refractivity contribution in [1.29, 1.82) is 0 Å². The van der Waals surface area contributed by atoms with Gasteiger partial charge in [-0.05, 0) is 6.42 Å². The second-order valence-corrected chi connectivity index (χ2v) is 4.55. The van der Waals surface area contributed by atoms with Crippen LogP contribution in [0.1, 0.15) is 6.42 Å². The molecular weight excluding hydrogens is 252 g/mol. The first-order valence-electron chi connectivity index (χ1n) is 6.06. The number of amides is 1. The van der Waals surface area contributed by atoms with Crippen LogP contribution in [0.15, 0.2) is 24.4 Å². The third-order valence-corrected chi connectivity index (χ3v) is 3.24. The van der Waals surface area contributed by atoms with Crippen LogP contribution in [-0.2, 0) is 9.53 Å². The number of aliphatic hydroxyl groups excluding tert-OH is 3. The van der Waals surface area contributed by atoms with E-state index >= 15 is 0 Å². The molecule has 2 heterocycles. The van der Waals surface area contributed by atoms with Crippen molar-refractivity contribution in [3.8, 4) is 0 Å². The minimum Gasteiger partial charge on any atom is -0.394 e. The Balaban J connectivity index is 2.14. The van der Waals surface area contributed by atoms with Crippen molar-refractivity contribution in [1.82, 2.24) is 10.2 Å². The van der Waals surface area contributed by atoms with Crippen LogP contribution in [0.4, 0.5) is 0 Å². The lowest BCUT2D eigenvalue weighted by Crippen LogP contribution is -2.49. The second-order valence-electron chi connectivity index (χ2n) is 4.55. The fraction of sp³-hybridized carbons (Fsp3) is 0.583. The molecule has 0 aromatic carbocycles. The zero-order valence-corrected chi connectivity index (χ0v) is 10.4. The number of nitrogens with one attached hydrogen (secondary N) is 1. The van der Waals surface area contributed by atoms with Gasteiger partial charge in [-0.15, -0.1) is 6.58 Å². The molecule has 0 aromatic heterocycles. The molecule has 1 fully saturated rings. The van der Waals surface area contributed by atoms with Gasteiger partial charge in [0.1, 0.15) is 18.3 Å². The van der Waals surface area contributed by atoms with Crippen molar-refractivity contribution in [3.05, 3.63) is 24.4 Å². The Hall–Kier alpha value is -1.41.